The van der Waals surface area contributed by atoms with Crippen LogP contribution in [0.5, 0.6) is 5.75 Å². The maximum atomic E-state index is 14.2. The first-order chi connectivity index (χ1) is 16.4. The van der Waals surface area contributed by atoms with E-state index in [-0.39, 0.29) is 23.1 Å². The molecule has 2 atom stereocenters. The summed E-state index contributed by atoms with van der Waals surface area (Å²) < 4.78 is 37.9. The molecule has 0 saturated carbocycles. The van der Waals surface area contributed by atoms with E-state index in [9.17, 15) is 4.39 Å². The number of benzene rings is 1. The van der Waals surface area contributed by atoms with Crippen LogP contribution in [0.3, 0.4) is 0 Å². The molecule has 5 heterocycles. The summed E-state index contributed by atoms with van der Waals surface area (Å²) in [5, 5.41) is 7.75. The van der Waals surface area contributed by atoms with E-state index in [1.165, 1.54) is 12.5 Å². The van der Waals surface area contributed by atoms with Gasteiger partial charge in [0.05, 0.1) is 31.9 Å². The average Bonchev–Trinajstić information content (AvgIpc) is 3.54. The fraction of sp³-hybridized carbons (Fsp3) is 0.680. The van der Waals surface area contributed by atoms with Gasteiger partial charge in [0.1, 0.15) is 23.3 Å². The molecule has 4 saturated heterocycles. The third kappa shape index (κ3) is 4.29. The minimum absolute atomic E-state index is 0.0142. The molecule has 1 spiro atoms. The minimum atomic E-state index is -0.199. The van der Waals surface area contributed by atoms with Gasteiger partial charge in [-0.25, -0.2) is 4.39 Å². The van der Waals surface area contributed by atoms with Crippen molar-refractivity contribution < 1.29 is 23.0 Å². The molecule has 0 aliphatic carbocycles. The summed E-state index contributed by atoms with van der Waals surface area (Å²) in [7, 11) is 0. The summed E-state index contributed by atoms with van der Waals surface area (Å²) in [4.78, 5) is 4.62. The predicted molar refractivity (Wildman–Crippen MR) is 123 cm³/mol. The zero-order valence-electron chi connectivity index (χ0n) is 19.9. The second kappa shape index (κ2) is 8.46. The Kier molecular flexibility index (Phi) is 5.54. The van der Waals surface area contributed by atoms with Crippen molar-refractivity contribution in [2.45, 2.75) is 68.8 Å². The number of hydrogen-bond donors (Lipinski definition) is 0. The molecule has 0 bridgehead atoms. The molecule has 4 fully saturated rings. The van der Waals surface area contributed by atoms with Gasteiger partial charge in [0.15, 0.2) is 0 Å². The molecule has 4 aliphatic rings. The Morgan fingerprint density at radius 2 is 1.91 bits per heavy atom. The quantitative estimate of drug-likeness (QED) is 0.656. The molecule has 2 aromatic rings. The third-order valence-electron chi connectivity index (χ3n) is 7.90. The van der Waals surface area contributed by atoms with Gasteiger partial charge in [-0.2, -0.15) is 0 Å². The van der Waals surface area contributed by atoms with E-state index in [0.29, 0.717) is 24.6 Å². The highest BCUT2D eigenvalue weighted by Gasteiger charge is 2.52. The standard InChI is InChI=1S/C25H33FN4O4/c1-24(2)11-20(13-32-24)34-22-4-3-18(26)9-21(22)17-5-7-29(8-6-17)19-10-25(33-12-19)14-30(15-25)23-28-27-16-31-23/h3-4,9,16-17,19-20H,5-8,10-15H2,1-2H3. The molecule has 184 valence electrons. The highest BCUT2D eigenvalue weighted by Crippen LogP contribution is 2.41. The number of nitrogens with zero attached hydrogens (tertiary/aromatic N) is 4. The van der Waals surface area contributed by atoms with Crippen molar-refractivity contribution in [3.05, 3.63) is 36.0 Å². The predicted octanol–water partition coefficient (Wildman–Crippen LogP) is 3.38. The number of anilines is 1. The fourth-order valence-corrected chi connectivity index (χ4v) is 6.13. The van der Waals surface area contributed by atoms with Crippen LogP contribution in [0.25, 0.3) is 0 Å². The van der Waals surface area contributed by atoms with Crippen LogP contribution in [0, 0.1) is 5.82 Å². The number of ether oxygens (including phenoxy) is 3. The maximum Gasteiger partial charge on any atom is 0.318 e. The summed E-state index contributed by atoms with van der Waals surface area (Å²) in [6.45, 7) is 9.07. The van der Waals surface area contributed by atoms with Crippen molar-refractivity contribution in [1.82, 2.24) is 15.1 Å². The van der Waals surface area contributed by atoms with Crippen molar-refractivity contribution in [2.24, 2.45) is 0 Å². The molecular weight excluding hydrogens is 439 g/mol. The molecule has 0 amide bonds. The van der Waals surface area contributed by atoms with Crippen molar-refractivity contribution in [3.8, 4) is 5.75 Å². The van der Waals surface area contributed by atoms with Gasteiger partial charge >= 0.3 is 6.01 Å². The summed E-state index contributed by atoms with van der Waals surface area (Å²) in [6, 6.07) is 5.96. The van der Waals surface area contributed by atoms with Gasteiger partial charge < -0.3 is 23.5 Å². The number of aromatic nitrogens is 2. The lowest BCUT2D eigenvalue weighted by Crippen LogP contribution is -2.62. The molecular formula is C25H33FN4O4. The van der Waals surface area contributed by atoms with E-state index in [1.807, 2.05) is 0 Å². The molecule has 1 aromatic carbocycles. The normalized spacial score (nSPS) is 29.0. The molecule has 4 aliphatic heterocycles. The van der Waals surface area contributed by atoms with Crippen LogP contribution in [0.2, 0.25) is 0 Å². The molecule has 0 N–H and O–H groups in total. The maximum absolute atomic E-state index is 14.2. The van der Waals surface area contributed by atoms with E-state index in [2.05, 4.69) is 33.8 Å². The largest absolute Gasteiger partial charge is 0.488 e. The van der Waals surface area contributed by atoms with Gasteiger partial charge in [-0.15, -0.1) is 5.10 Å². The van der Waals surface area contributed by atoms with Crippen LogP contribution >= 0.6 is 0 Å². The molecule has 9 heteroatoms. The molecule has 0 radical (unpaired) electrons. The SMILES string of the molecule is CC1(C)CC(Oc2ccc(F)cc2C2CCN(C3COC4(C3)CN(c3nnco3)C4)CC2)CO1. The van der Waals surface area contributed by atoms with Crippen molar-refractivity contribution >= 4 is 6.01 Å². The first kappa shape index (κ1) is 22.2. The zero-order valence-corrected chi connectivity index (χ0v) is 19.9. The molecule has 1 aromatic heterocycles. The van der Waals surface area contributed by atoms with Crippen LogP contribution in [0.1, 0.15) is 51.0 Å². The zero-order chi connectivity index (χ0) is 23.3. The van der Waals surface area contributed by atoms with Crippen LogP contribution in [0.15, 0.2) is 29.0 Å². The summed E-state index contributed by atoms with van der Waals surface area (Å²) in [5.74, 6) is 0.907. The Hall–Kier alpha value is -2.23. The Morgan fingerprint density at radius 3 is 2.62 bits per heavy atom. The number of piperidine rings is 1. The smallest absolute Gasteiger partial charge is 0.318 e. The minimum Gasteiger partial charge on any atom is -0.488 e. The Balaban J connectivity index is 1.05. The second-order valence-electron chi connectivity index (χ2n) is 10.9. The van der Waals surface area contributed by atoms with E-state index < -0.39 is 0 Å². The van der Waals surface area contributed by atoms with Gasteiger partial charge in [-0.1, -0.05) is 5.10 Å². The summed E-state index contributed by atoms with van der Waals surface area (Å²) in [6.07, 6.45) is 5.22. The van der Waals surface area contributed by atoms with Crippen molar-refractivity contribution in [1.29, 1.82) is 0 Å². The molecule has 8 nitrogen and oxygen atoms in total. The topological polar surface area (TPSA) is 73.1 Å². The second-order valence-corrected chi connectivity index (χ2v) is 10.9. The number of hydrogen-bond acceptors (Lipinski definition) is 8. The fourth-order valence-electron chi connectivity index (χ4n) is 6.13. The van der Waals surface area contributed by atoms with Gasteiger partial charge in [0.2, 0.25) is 6.39 Å². The first-order valence-corrected chi connectivity index (χ1v) is 12.4. The number of likely N-dealkylation sites (tertiary alicyclic amines) is 1. The Bertz CT molecular complexity index is 1000. The monoisotopic (exact) mass is 472 g/mol. The molecule has 34 heavy (non-hydrogen) atoms. The van der Waals surface area contributed by atoms with Crippen molar-refractivity contribution in [2.75, 3.05) is 44.3 Å². The third-order valence-corrected chi connectivity index (χ3v) is 7.90. The lowest BCUT2D eigenvalue weighted by Gasteiger charge is -2.46. The van der Waals surface area contributed by atoms with Crippen LogP contribution in [-0.4, -0.2) is 77.8 Å². The van der Waals surface area contributed by atoms with Crippen LogP contribution in [0.4, 0.5) is 10.4 Å². The van der Waals surface area contributed by atoms with Crippen molar-refractivity contribution in [3.63, 3.8) is 0 Å². The number of halogens is 1. The highest BCUT2D eigenvalue weighted by atomic mass is 19.1. The van der Waals surface area contributed by atoms with E-state index >= 15 is 0 Å². The van der Waals surface area contributed by atoms with Gasteiger partial charge in [-0.3, -0.25) is 4.90 Å². The summed E-state index contributed by atoms with van der Waals surface area (Å²) in [5.41, 5.74) is 0.730. The van der Waals surface area contributed by atoms with Crippen LogP contribution in [-0.2, 0) is 9.47 Å². The first-order valence-electron chi connectivity index (χ1n) is 12.4. The lowest BCUT2D eigenvalue weighted by atomic mass is 9.86. The van der Waals surface area contributed by atoms with E-state index in [1.54, 1.807) is 12.1 Å². The van der Waals surface area contributed by atoms with E-state index in [4.69, 9.17) is 18.6 Å². The van der Waals surface area contributed by atoms with Crippen LogP contribution < -0.4 is 9.64 Å². The Morgan fingerprint density at radius 1 is 1.09 bits per heavy atom. The van der Waals surface area contributed by atoms with Gasteiger partial charge in [0, 0.05) is 18.0 Å². The van der Waals surface area contributed by atoms with E-state index in [0.717, 1.165) is 69.8 Å². The Labute approximate surface area is 199 Å². The lowest BCUT2D eigenvalue weighted by molar-refractivity contribution is -0.0216. The summed E-state index contributed by atoms with van der Waals surface area (Å²) >= 11 is 0. The molecule has 6 rings (SSSR count). The molecule has 2 unspecified atom stereocenters. The highest BCUT2D eigenvalue weighted by molar-refractivity contribution is 5.38. The van der Waals surface area contributed by atoms with Gasteiger partial charge in [0.25, 0.3) is 0 Å². The number of rotatable bonds is 5. The average molecular weight is 473 g/mol. The van der Waals surface area contributed by atoms with Gasteiger partial charge in [-0.05, 0) is 70.3 Å².